The van der Waals surface area contributed by atoms with Crippen LogP contribution in [-0.2, 0) is 4.79 Å². The summed E-state index contributed by atoms with van der Waals surface area (Å²) in [4.78, 5) is 10.8. The standard InChI is InChI=1S/C9H11NOSi/c1-6(9(10)11)7-4-2-3-5-8(7)12/h2-5H,1H2,12H3,(H2,10,11). The van der Waals surface area contributed by atoms with Crippen molar-refractivity contribution in [1.82, 2.24) is 0 Å². The fourth-order valence-corrected chi connectivity index (χ4v) is 1.71. The van der Waals surface area contributed by atoms with Crippen LogP contribution >= 0.6 is 0 Å². The molecule has 0 heterocycles. The second kappa shape index (κ2) is 3.36. The molecule has 0 aliphatic carbocycles. The number of primary amides is 1. The third-order valence-corrected chi connectivity index (χ3v) is 2.64. The van der Waals surface area contributed by atoms with E-state index in [1.54, 1.807) is 0 Å². The lowest BCUT2D eigenvalue weighted by Gasteiger charge is -2.04. The third kappa shape index (κ3) is 1.62. The van der Waals surface area contributed by atoms with Crippen molar-refractivity contribution in [3.05, 3.63) is 36.4 Å². The maximum atomic E-state index is 10.8. The number of benzene rings is 1. The predicted octanol–water partition coefficient (Wildman–Crippen LogP) is -0.824. The Balaban J connectivity index is 3.11. The van der Waals surface area contributed by atoms with Crippen LogP contribution in [0.15, 0.2) is 30.8 Å². The van der Waals surface area contributed by atoms with Crippen LogP contribution in [0.25, 0.3) is 5.57 Å². The Kier molecular flexibility index (Phi) is 2.45. The zero-order valence-corrected chi connectivity index (χ0v) is 9.00. The third-order valence-electron chi connectivity index (χ3n) is 1.77. The van der Waals surface area contributed by atoms with Crippen molar-refractivity contribution in [3.63, 3.8) is 0 Å². The number of rotatable bonds is 2. The number of amides is 1. The summed E-state index contributed by atoms with van der Waals surface area (Å²) in [6.45, 7) is 3.63. The van der Waals surface area contributed by atoms with Gasteiger partial charge in [-0.05, 0) is 5.56 Å². The van der Waals surface area contributed by atoms with Crippen molar-refractivity contribution < 1.29 is 4.79 Å². The van der Waals surface area contributed by atoms with E-state index in [2.05, 4.69) is 6.58 Å². The van der Waals surface area contributed by atoms with Gasteiger partial charge in [0.25, 0.3) is 0 Å². The van der Waals surface area contributed by atoms with E-state index in [0.29, 0.717) is 5.57 Å². The molecule has 0 saturated heterocycles. The van der Waals surface area contributed by atoms with Crippen molar-refractivity contribution in [1.29, 1.82) is 0 Å². The second-order valence-corrected chi connectivity index (χ2v) is 3.74. The first-order valence-electron chi connectivity index (χ1n) is 3.67. The summed E-state index contributed by atoms with van der Waals surface area (Å²) in [6.07, 6.45) is 0. The summed E-state index contributed by atoms with van der Waals surface area (Å²) in [5.41, 5.74) is 6.40. The van der Waals surface area contributed by atoms with E-state index in [-0.39, 0.29) is 0 Å². The minimum atomic E-state index is -0.446. The molecule has 2 N–H and O–H groups in total. The molecule has 0 atom stereocenters. The Hall–Kier alpha value is -1.35. The van der Waals surface area contributed by atoms with Crippen LogP contribution < -0.4 is 10.9 Å². The lowest BCUT2D eigenvalue weighted by molar-refractivity contribution is -0.112. The van der Waals surface area contributed by atoms with Crippen LogP contribution in [-0.4, -0.2) is 16.1 Å². The van der Waals surface area contributed by atoms with Crippen molar-refractivity contribution >= 4 is 26.9 Å². The molecule has 0 aliphatic rings. The highest BCUT2D eigenvalue weighted by molar-refractivity contribution is 6.37. The number of nitrogens with two attached hydrogens (primary N) is 1. The van der Waals surface area contributed by atoms with Crippen molar-refractivity contribution in [2.75, 3.05) is 0 Å². The van der Waals surface area contributed by atoms with E-state index >= 15 is 0 Å². The zero-order valence-electron chi connectivity index (χ0n) is 7.00. The lowest BCUT2D eigenvalue weighted by Crippen LogP contribution is -2.18. The minimum Gasteiger partial charge on any atom is -0.366 e. The summed E-state index contributed by atoms with van der Waals surface area (Å²) in [5, 5.41) is 1.15. The number of carbonyl (C=O) groups excluding carboxylic acids is 1. The molecule has 0 spiro atoms. The molecule has 0 bridgehead atoms. The van der Waals surface area contributed by atoms with E-state index in [0.717, 1.165) is 21.0 Å². The Labute approximate surface area is 74.5 Å². The monoisotopic (exact) mass is 177 g/mol. The summed E-state index contributed by atoms with van der Waals surface area (Å²) < 4.78 is 0. The molecule has 1 rings (SSSR count). The van der Waals surface area contributed by atoms with Crippen LogP contribution in [0, 0.1) is 0 Å². The molecule has 0 fully saturated rings. The van der Waals surface area contributed by atoms with Crippen LogP contribution in [0.4, 0.5) is 0 Å². The Morgan fingerprint density at radius 3 is 2.50 bits per heavy atom. The van der Waals surface area contributed by atoms with Gasteiger partial charge in [-0.2, -0.15) is 0 Å². The molecule has 0 unspecified atom stereocenters. The Morgan fingerprint density at radius 1 is 1.42 bits per heavy atom. The molecule has 3 heteroatoms. The molecule has 1 aromatic rings. The van der Waals surface area contributed by atoms with E-state index in [4.69, 9.17) is 5.73 Å². The highest BCUT2D eigenvalue weighted by Gasteiger charge is 2.05. The first-order chi connectivity index (χ1) is 5.63. The Bertz CT molecular complexity index is 333. The van der Waals surface area contributed by atoms with Gasteiger partial charge in [0.2, 0.25) is 5.91 Å². The topological polar surface area (TPSA) is 43.1 Å². The maximum absolute atomic E-state index is 10.8. The number of carbonyl (C=O) groups is 1. The summed E-state index contributed by atoms with van der Waals surface area (Å²) in [7, 11) is 0.900. The first-order valence-corrected chi connectivity index (χ1v) is 4.67. The van der Waals surface area contributed by atoms with Gasteiger partial charge in [0.1, 0.15) is 0 Å². The normalized spacial score (nSPS) is 9.67. The first kappa shape index (κ1) is 8.74. The van der Waals surface area contributed by atoms with Gasteiger partial charge in [0.05, 0.1) is 0 Å². The molecule has 1 aromatic carbocycles. The summed E-state index contributed by atoms with van der Waals surface area (Å²) in [5.74, 6) is -0.446. The molecule has 1 amide bonds. The SMILES string of the molecule is C=C(C(N)=O)c1ccccc1[SiH3]. The maximum Gasteiger partial charge on any atom is 0.248 e. The molecule has 0 aromatic heterocycles. The smallest absolute Gasteiger partial charge is 0.248 e. The zero-order chi connectivity index (χ0) is 9.14. The van der Waals surface area contributed by atoms with Crippen LogP contribution in [0.5, 0.6) is 0 Å². The molecule has 2 nitrogen and oxygen atoms in total. The van der Waals surface area contributed by atoms with Gasteiger partial charge in [-0.3, -0.25) is 4.79 Å². The minimum absolute atomic E-state index is 0.403. The van der Waals surface area contributed by atoms with Crippen LogP contribution in [0.3, 0.4) is 0 Å². The van der Waals surface area contributed by atoms with Crippen molar-refractivity contribution in [2.45, 2.75) is 0 Å². The van der Waals surface area contributed by atoms with E-state index in [1.807, 2.05) is 24.3 Å². The van der Waals surface area contributed by atoms with Gasteiger partial charge in [-0.25, -0.2) is 0 Å². The number of hydrogen-bond acceptors (Lipinski definition) is 1. The molecular weight excluding hydrogens is 166 g/mol. The molecule has 0 radical (unpaired) electrons. The average molecular weight is 177 g/mol. The van der Waals surface area contributed by atoms with Crippen molar-refractivity contribution in [2.24, 2.45) is 5.73 Å². The largest absolute Gasteiger partial charge is 0.366 e. The molecule has 0 aliphatic heterocycles. The van der Waals surface area contributed by atoms with Gasteiger partial charge in [-0.15, -0.1) is 0 Å². The average Bonchev–Trinajstić information content (AvgIpc) is 2.04. The van der Waals surface area contributed by atoms with Crippen LogP contribution in [0.2, 0.25) is 0 Å². The van der Waals surface area contributed by atoms with E-state index < -0.39 is 5.91 Å². The molecule has 0 saturated carbocycles. The quantitative estimate of drug-likeness (QED) is 0.465. The fourth-order valence-electron chi connectivity index (χ4n) is 1.04. The highest BCUT2D eigenvalue weighted by Crippen LogP contribution is 2.07. The van der Waals surface area contributed by atoms with Crippen LogP contribution in [0.1, 0.15) is 5.56 Å². The van der Waals surface area contributed by atoms with Gasteiger partial charge >= 0.3 is 0 Å². The molecular formula is C9H11NOSi. The van der Waals surface area contributed by atoms with E-state index in [9.17, 15) is 4.79 Å². The predicted molar refractivity (Wildman–Crippen MR) is 54.2 cm³/mol. The summed E-state index contributed by atoms with van der Waals surface area (Å²) >= 11 is 0. The molecule has 12 heavy (non-hydrogen) atoms. The van der Waals surface area contributed by atoms with Gasteiger partial charge in [-0.1, -0.05) is 36.0 Å². The molecule has 62 valence electrons. The number of hydrogen-bond donors (Lipinski definition) is 1. The fraction of sp³-hybridized carbons (Fsp3) is 0. The Morgan fingerprint density at radius 2 is 2.00 bits per heavy atom. The van der Waals surface area contributed by atoms with Gasteiger partial charge in [0.15, 0.2) is 0 Å². The van der Waals surface area contributed by atoms with Crippen molar-refractivity contribution in [3.8, 4) is 0 Å². The second-order valence-electron chi connectivity index (χ2n) is 2.66. The van der Waals surface area contributed by atoms with E-state index in [1.165, 1.54) is 0 Å². The highest BCUT2D eigenvalue weighted by atomic mass is 28.1. The summed E-state index contributed by atoms with van der Waals surface area (Å²) in [6, 6.07) is 7.68. The lowest BCUT2D eigenvalue weighted by atomic mass is 10.1. The van der Waals surface area contributed by atoms with Gasteiger partial charge in [0, 0.05) is 15.8 Å². The van der Waals surface area contributed by atoms with Gasteiger partial charge < -0.3 is 5.73 Å².